The lowest BCUT2D eigenvalue weighted by molar-refractivity contribution is -0.159. The second-order valence-electron chi connectivity index (χ2n) is 9.03. The molecule has 3 aromatic rings. The van der Waals surface area contributed by atoms with Crippen LogP contribution in [0.1, 0.15) is 22.6 Å². The van der Waals surface area contributed by atoms with Crippen LogP contribution in [0.25, 0.3) is 0 Å². The van der Waals surface area contributed by atoms with E-state index >= 15 is 0 Å². The number of ether oxygens (including phenoxy) is 1. The summed E-state index contributed by atoms with van der Waals surface area (Å²) in [5.41, 5.74) is 3.00. The largest absolute Gasteiger partial charge is 0.495 e. The summed E-state index contributed by atoms with van der Waals surface area (Å²) in [6.07, 6.45) is 0. The number of carbonyl (C=O) groups is 2. The van der Waals surface area contributed by atoms with Crippen LogP contribution >= 0.6 is 0 Å². The minimum atomic E-state index is -0.380. The van der Waals surface area contributed by atoms with Crippen molar-refractivity contribution in [1.82, 2.24) is 9.80 Å². The fourth-order valence-electron chi connectivity index (χ4n) is 5.06. The van der Waals surface area contributed by atoms with E-state index in [0.717, 1.165) is 11.1 Å². The van der Waals surface area contributed by atoms with Gasteiger partial charge in [-0.2, -0.15) is 0 Å². The number of halogens is 1. The maximum absolute atomic E-state index is 13.1. The number of piperazine rings is 1. The molecule has 0 spiro atoms. The fraction of sp³-hybridized carbons (Fsp3) is 0.241. The number of aliphatic hydroxyl groups excluding tert-OH is 1. The number of nitrogens with one attached hydrogen (secondary N) is 1. The van der Waals surface area contributed by atoms with E-state index in [2.05, 4.69) is 17.2 Å². The van der Waals surface area contributed by atoms with Crippen LogP contribution in [-0.4, -0.2) is 65.7 Å². The summed E-state index contributed by atoms with van der Waals surface area (Å²) < 4.78 is 18.4. The van der Waals surface area contributed by atoms with Gasteiger partial charge in [-0.15, -0.1) is 0 Å². The first-order valence-corrected chi connectivity index (χ1v) is 12.0. The van der Waals surface area contributed by atoms with E-state index in [1.165, 1.54) is 24.1 Å². The molecule has 2 N–H and O–H groups in total. The number of nitrogens with zero attached hydrogens (tertiary/aromatic N) is 2. The van der Waals surface area contributed by atoms with E-state index in [1.54, 1.807) is 35.2 Å². The number of hydrogen-bond donors (Lipinski definition) is 2. The van der Waals surface area contributed by atoms with Gasteiger partial charge < -0.3 is 25.0 Å². The molecular formula is C29H26FN3O4. The van der Waals surface area contributed by atoms with Crippen molar-refractivity contribution >= 4 is 17.6 Å². The smallest absolute Gasteiger partial charge is 0.322 e. The van der Waals surface area contributed by atoms with E-state index in [9.17, 15) is 19.1 Å². The van der Waals surface area contributed by atoms with Gasteiger partial charge in [0.1, 0.15) is 18.1 Å². The molecule has 8 heteroatoms. The van der Waals surface area contributed by atoms with E-state index in [1.807, 2.05) is 30.3 Å². The number of hydrogen-bond acceptors (Lipinski definition) is 4. The molecule has 2 heterocycles. The lowest BCUT2D eigenvalue weighted by Crippen LogP contribution is -2.73. The number of fused-ring (bicyclic) bond motifs is 1. The maximum atomic E-state index is 13.1. The van der Waals surface area contributed by atoms with E-state index in [0.29, 0.717) is 23.5 Å². The molecule has 5 rings (SSSR count). The summed E-state index contributed by atoms with van der Waals surface area (Å²) in [4.78, 5) is 29.1. The highest BCUT2D eigenvalue weighted by Crippen LogP contribution is 2.43. The summed E-state index contributed by atoms with van der Waals surface area (Å²) >= 11 is 0. The highest BCUT2D eigenvalue weighted by molar-refractivity contribution is 5.94. The Hall–Kier alpha value is -4.35. The Bertz CT molecular complexity index is 1360. The van der Waals surface area contributed by atoms with Crippen molar-refractivity contribution in [3.05, 3.63) is 95.3 Å². The Morgan fingerprint density at radius 2 is 1.70 bits per heavy atom. The van der Waals surface area contributed by atoms with Crippen LogP contribution in [0.4, 0.5) is 14.9 Å². The molecule has 0 bridgehead atoms. The molecule has 37 heavy (non-hydrogen) atoms. The molecule has 0 aliphatic carbocycles. The van der Waals surface area contributed by atoms with Crippen LogP contribution < -0.4 is 10.1 Å². The van der Waals surface area contributed by atoms with Gasteiger partial charge in [0.15, 0.2) is 0 Å². The molecule has 188 valence electrons. The molecule has 0 radical (unpaired) electrons. The molecule has 3 atom stereocenters. The third-order valence-corrected chi connectivity index (χ3v) is 6.88. The molecular weight excluding hydrogens is 473 g/mol. The average molecular weight is 500 g/mol. The van der Waals surface area contributed by atoms with Crippen LogP contribution in [0.15, 0.2) is 72.8 Å². The van der Waals surface area contributed by atoms with Crippen LogP contribution in [-0.2, 0) is 4.79 Å². The molecule has 2 aliphatic rings. The predicted octanol–water partition coefficient (Wildman–Crippen LogP) is 3.44. The molecule has 2 fully saturated rings. The van der Waals surface area contributed by atoms with E-state index in [-0.39, 0.29) is 48.9 Å². The van der Waals surface area contributed by atoms with Crippen LogP contribution in [0.5, 0.6) is 5.75 Å². The number of methoxy groups -OCH3 is 1. The Morgan fingerprint density at radius 3 is 2.35 bits per heavy atom. The minimum absolute atomic E-state index is 0.0569. The Labute approximate surface area is 214 Å². The van der Waals surface area contributed by atoms with Gasteiger partial charge in [0.25, 0.3) is 0 Å². The molecule has 2 aliphatic heterocycles. The molecule has 0 saturated carbocycles. The van der Waals surface area contributed by atoms with Gasteiger partial charge in [-0.25, -0.2) is 9.18 Å². The number of anilines is 1. The molecule has 0 aromatic heterocycles. The topological polar surface area (TPSA) is 82.1 Å². The first kappa shape index (κ1) is 24.3. The summed E-state index contributed by atoms with van der Waals surface area (Å²) in [6, 6.07) is 19.8. The van der Waals surface area contributed by atoms with Gasteiger partial charge in [0.2, 0.25) is 5.91 Å². The van der Waals surface area contributed by atoms with Crippen molar-refractivity contribution < 1.29 is 23.8 Å². The molecule has 3 amide bonds. The van der Waals surface area contributed by atoms with Gasteiger partial charge in [-0.1, -0.05) is 36.1 Å². The second kappa shape index (κ2) is 10.3. The predicted molar refractivity (Wildman–Crippen MR) is 137 cm³/mol. The number of rotatable bonds is 4. The summed E-state index contributed by atoms with van der Waals surface area (Å²) in [5.74, 6) is 6.00. The van der Waals surface area contributed by atoms with E-state index in [4.69, 9.17) is 4.74 Å². The monoisotopic (exact) mass is 499 g/mol. The first-order chi connectivity index (χ1) is 18.0. The lowest BCUT2D eigenvalue weighted by Gasteiger charge is -2.58. The summed E-state index contributed by atoms with van der Waals surface area (Å²) in [6.45, 7) is 0.130. The number of benzene rings is 3. The van der Waals surface area contributed by atoms with Gasteiger partial charge in [-0.3, -0.25) is 4.79 Å². The third kappa shape index (κ3) is 4.86. The molecule has 7 nitrogen and oxygen atoms in total. The van der Waals surface area contributed by atoms with Crippen molar-refractivity contribution in [3.8, 4) is 17.6 Å². The Balaban J connectivity index is 1.31. The van der Waals surface area contributed by atoms with Crippen molar-refractivity contribution in [2.24, 2.45) is 0 Å². The molecule has 0 unspecified atom stereocenters. The number of carbonyl (C=O) groups excluding carboxylic acids is 2. The highest BCUT2D eigenvalue weighted by atomic mass is 19.1. The van der Waals surface area contributed by atoms with E-state index < -0.39 is 0 Å². The molecule has 2 saturated heterocycles. The van der Waals surface area contributed by atoms with Gasteiger partial charge >= 0.3 is 6.03 Å². The third-order valence-electron chi connectivity index (χ3n) is 6.88. The van der Waals surface area contributed by atoms with Crippen molar-refractivity contribution in [2.45, 2.75) is 18.0 Å². The lowest BCUT2D eigenvalue weighted by atomic mass is 9.73. The van der Waals surface area contributed by atoms with Gasteiger partial charge in [0, 0.05) is 23.6 Å². The minimum Gasteiger partial charge on any atom is -0.495 e. The number of para-hydroxylation sites is 2. The van der Waals surface area contributed by atoms with Crippen molar-refractivity contribution in [2.75, 3.05) is 32.1 Å². The highest BCUT2D eigenvalue weighted by Gasteiger charge is 2.54. The summed E-state index contributed by atoms with van der Waals surface area (Å²) in [5, 5.41) is 12.9. The Morgan fingerprint density at radius 1 is 1.05 bits per heavy atom. The van der Waals surface area contributed by atoms with Crippen LogP contribution in [0, 0.1) is 17.7 Å². The SMILES string of the molecule is COc1ccccc1NC(=O)N1CC(=O)N2[C@H](C1)[C@@H](c1ccc(C#Cc3ccc(F)cc3)cc1)[C@@H]2CO. The number of urea groups is 1. The Kier molecular flexibility index (Phi) is 6.80. The average Bonchev–Trinajstić information content (AvgIpc) is 2.90. The normalized spacial score (nSPS) is 20.3. The van der Waals surface area contributed by atoms with Gasteiger partial charge in [-0.05, 0) is 54.1 Å². The van der Waals surface area contributed by atoms with Crippen molar-refractivity contribution in [3.63, 3.8) is 0 Å². The fourth-order valence-corrected chi connectivity index (χ4v) is 5.06. The quantitative estimate of drug-likeness (QED) is 0.539. The van der Waals surface area contributed by atoms with Crippen LogP contribution in [0.2, 0.25) is 0 Å². The zero-order valence-corrected chi connectivity index (χ0v) is 20.2. The zero-order chi connectivity index (χ0) is 25.9. The summed E-state index contributed by atoms with van der Waals surface area (Å²) in [7, 11) is 1.53. The van der Waals surface area contributed by atoms with Gasteiger partial charge in [0.05, 0.1) is 31.5 Å². The number of aliphatic hydroxyl groups is 1. The number of amides is 3. The van der Waals surface area contributed by atoms with Crippen molar-refractivity contribution in [1.29, 1.82) is 0 Å². The standard InChI is InChI=1S/C29H26FN3O4/c1-37-26-5-3-2-4-23(26)31-29(36)32-16-24-28(25(18-34)33(24)27(35)17-32)21-12-8-19(9-13-21)6-7-20-10-14-22(30)15-11-20/h2-5,8-15,24-25,28,34H,16-18H2,1H3,(H,31,36)/t24-,25+,28-/m1/s1. The molecule has 3 aromatic carbocycles. The second-order valence-corrected chi connectivity index (χ2v) is 9.03. The first-order valence-electron chi connectivity index (χ1n) is 12.0. The maximum Gasteiger partial charge on any atom is 0.322 e. The van der Waals surface area contributed by atoms with Crippen LogP contribution in [0.3, 0.4) is 0 Å². The zero-order valence-electron chi connectivity index (χ0n) is 20.2.